The molecule has 1 aromatic rings. The highest BCUT2D eigenvalue weighted by Gasteiger charge is 2.17. The largest absolute Gasteiger partial charge is 0.325 e. The number of fused-ring (bicyclic) bond motifs is 1. The molecule has 96 valence electrons. The summed E-state index contributed by atoms with van der Waals surface area (Å²) in [5.74, 6) is 0.690. The van der Waals surface area contributed by atoms with Crippen LogP contribution in [0.1, 0.15) is 20.3 Å². The van der Waals surface area contributed by atoms with E-state index in [0.29, 0.717) is 5.96 Å². The molecular formula is C11H14N4O2S. The zero-order chi connectivity index (χ0) is 13.1. The monoisotopic (exact) mass is 266 g/mol. The average Bonchev–Trinajstić information content (AvgIpc) is 2.37. The Morgan fingerprint density at radius 2 is 2.33 bits per heavy atom. The highest BCUT2D eigenvalue weighted by atomic mass is 32.2. The Bertz CT molecular complexity index is 504. The fourth-order valence-corrected chi connectivity index (χ4v) is 2.16. The van der Waals surface area contributed by atoms with E-state index >= 15 is 0 Å². The molecule has 0 saturated heterocycles. The summed E-state index contributed by atoms with van der Waals surface area (Å²) in [7, 11) is 0. The normalized spacial score (nSPS) is 17.6. The van der Waals surface area contributed by atoms with Gasteiger partial charge in [-0.2, -0.15) is 0 Å². The van der Waals surface area contributed by atoms with Crippen molar-refractivity contribution < 1.29 is 4.92 Å². The fourth-order valence-electron chi connectivity index (χ4n) is 1.44. The molecule has 1 unspecified atom stereocenters. The van der Waals surface area contributed by atoms with Crippen LogP contribution in [-0.2, 0) is 0 Å². The zero-order valence-electron chi connectivity index (χ0n) is 10.1. The Hall–Kier alpha value is -1.76. The van der Waals surface area contributed by atoms with Crippen LogP contribution in [-0.4, -0.2) is 16.9 Å². The van der Waals surface area contributed by atoms with Crippen molar-refractivity contribution in [3.63, 3.8) is 0 Å². The predicted octanol–water partition coefficient (Wildman–Crippen LogP) is 2.77. The molecular weight excluding hydrogens is 252 g/mol. The zero-order valence-corrected chi connectivity index (χ0v) is 11.0. The lowest BCUT2D eigenvalue weighted by Gasteiger charge is -2.21. The molecule has 2 N–H and O–H groups in total. The topological polar surface area (TPSA) is 79.6 Å². The maximum Gasteiger partial charge on any atom is 0.270 e. The van der Waals surface area contributed by atoms with Crippen LogP contribution in [0.5, 0.6) is 0 Å². The van der Waals surface area contributed by atoms with Crippen LogP contribution in [0.2, 0.25) is 0 Å². The highest BCUT2D eigenvalue weighted by Crippen LogP contribution is 2.32. The van der Waals surface area contributed by atoms with Gasteiger partial charge in [0.15, 0.2) is 0 Å². The minimum atomic E-state index is -0.399. The van der Waals surface area contributed by atoms with Crippen LogP contribution >= 0.6 is 11.9 Å². The molecule has 0 saturated carbocycles. The quantitative estimate of drug-likeness (QED) is 0.499. The van der Waals surface area contributed by atoms with Crippen molar-refractivity contribution in [1.82, 2.24) is 4.72 Å². The van der Waals surface area contributed by atoms with Crippen LogP contribution in [0.3, 0.4) is 0 Å². The molecule has 1 atom stereocenters. The molecule has 0 amide bonds. The lowest BCUT2D eigenvalue weighted by molar-refractivity contribution is -0.385. The van der Waals surface area contributed by atoms with Crippen LogP contribution < -0.4 is 10.0 Å². The van der Waals surface area contributed by atoms with Gasteiger partial charge in [-0.1, -0.05) is 6.92 Å². The van der Waals surface area contributed by atoms with E-state index in [-0.39, 0.29) is 11.7 Å². The van der Waals surface area contributed by atoms with E-state index in [4.69, 9.17) is 0 Å². The van der Waals surface area contributed by atoms with Crippen molar-refractivity contribution in [1.29, 1.82) is 0 Å². The van der Waals surface area contributed by atoms with E-state index in [1.165, 1.54) is 18.0 Å². The van der Waals surface area contributed by atoms with Gasteiger partial charge in [0.1, 0.15) is 0 Å². The molecule has 1 heterocycles. The standard InChI is InChI=1S/C11H14N4O2S/c1-3-7(2)12-11-13-9-5-4-8(15(16)17)6-10(9)18-14-11/h4-7H,3H2,1-2H3,(H2,12,13,14). The second-order valence-electron chi connectivity index (χ2n) is 4.00. The van der Waals surface area contributed by atoms with E-state index in [1.807, 2.05) is 6.92 Å². The van der Waals surface area contributed by atoms with Gasteiger partial charge in [-0.15, -0.1) is 0 Å². The van der Waals surface area contributed by atoms with E-state index in [2.05, 4.69) is 22.0 Å². The molecule has 0 aromatic heterocycles. The second kappa shape index (κ2) is 5.26. The first-order valence-electron chi connectivity index (χ1n) is 5.66. The number of nitrogens with zero attached hydrogens (tertiary/aromatic N) is 2. The number of nitro benzene ring substituents is 1. The summed E-state index contributed by atoms with van der Waals surface area (Å²) in [6, 6.07) is 4.96. The fraction of sp³-hybridized carbons (Fsp3) is 0.364. The molecule has 0 radical (unpaired) electrons. The van der Waals surface area contributed by atoms with Gasteiger partial charge in [0.2, 0.25) is 5.96 Å². The Kier molecular flexibility index (Phi) is 3.71. The summed E-state index contributed by atoms with van der Waals surface area (Å²) in [5.41, 5.74) is 0.929. The summed E-state index contributed by atoms with van der Waals surface area (Å²) in [6.07, 6.45) is 0.963. The molecule has 1 aromatic carbocycles. The number of guanidine groups is 1. The van der Waals surface area contributed by atoms with Gasteiger partial charge < -0.3 is 5.32 Å². The highest BCUT2D eigenvalue weighted by molar-refractivity contribution is 7.98. The summed E-state index contributed by atoms with van der Waals surface area (Å²) < 4.78 is 3.04. The summed E-state index contributed by atoms with van der Waals surface area (Å²) in [4.78, 5) is 15.5. The van der Waals surface area contributed by atoms with Crippen molar-refractivity contribution in [3.8, 4) is 0 Å². The van der Waals surface area contributed by atoms with Crippen LogP contribution in [0.25, 0.3) is 0 Å². The number of nitro groups is 1. The third kappa shape index (κ3) is 2.73. The molecule has 2 rings (SSSR count). The maximum atomic E-state index is 10.7. The van der Waals surface area contributed by atoms with Gasteiger partial charge in [-0.05, 0) is 31.4 Å². The Labute approximate surface area is 109 Å². The molecule has 0 bridgehead atoms. The molecule has 1 aliphatic heterocycles. The number of aliphatic imine (C=N–C) groups is 1. The van der Waals surface area contributed by atoms with Gasteiger partial charge in [0.05, 0.1) is 21.5 Å². The first-order chi connectivity index (χ1) is 8.60. The van der Waals surface area contributed by atoms with Crippen molar-refractivity contribution in [2.45, 2.75) is 31.2 Å². The molecule has 6 nitrogen and oxygen atoms in total. The number of hydrogen-bond donors (Lipinski definition) is 2. The van der Waals surface area contributed by atoms with Gasteiger partial charge >= 0.3 is 0 Å². The maximum absolute atomic E-state index is 10.7. The van der Waals surface area contributed by atoms with Gasteiger partial charge in [-0.25, -0.2) is 4.99 Å². The molecule has 0 fully saturated rings. The molecule has 1 aliphatic rings. The Balaban J connectivity index is 2.21. The first kappa shape index (κ1) is 12.7. The van der Waals surface area contributed by atoms with Crippen LogP contribution in [0.15, 0.2) is 28.1 Å². The predicted molar refractivity (Wildman–Crippen MR) is 72.9 cm³/mol. The van der Waals surface area contributed by atoms with Crippen LogP contribution in [0.4, 0.5) is 11.4 Å². The van der Waals surface area contributed by atoms with Crippen molar-refractivity contribution in [2.75, 3.05) is 5.32 Å². The molecule has 18 heavy (non-hydrogen) atoms. The Morgan fingerprint density at radius 1 is 1.56 bits per heavy atom. The number of benzene rings is 1. The summed E-state index contributed by atoms with van der Waals surface area (Å²) in [6.45, 7) is 4.11. The van der Waals surface area contributed by atoms with E-state index in [1.54, 1.807) is 12.1 Å². The number of anilines is 1. The number of hydrogen-bond acceptors (Lipinski definition) is 4. The minimum absolute atomic E-state index is 0.0900. The van der Waals surface area contributed by atoms with E-state index < -0.39 is 4.92 Å². The lowest BCUT2D eigenvalue weighted by atomic mass is 10.3. The second-order valence-corrected chi connectivity index (χ2v) is 4.85. The average molecular weight is 266 g/mol. The third-order valence-corrected chi connectivity index (χ3v) is 3.48. The third-order valence-electron chi connectivity index (χ3n) is 2.63. The lowest BCUT2D eigenvalue weighted by Crippen LogP contribution is -2.30. The summed E-state index contributed by atoms with van der Waals surface area (Å²) in [5, 5.41) is 13.8. The SMILES string of the molecule is CCC(C)N=C1NSc2cc([N+](=O)[O-])ccc2N1. The smallest absolute Gasteiger partial charge is 0.270 e. The number of non-ortho nitro benzene ring substituents is 1. The molecule has 7 heteroatoms. The van der Waals surface area contributed by atoms with Crippen molar-refractivity contribution in [2.24, 2.45) is 4.99 Å². The van der Waals surface area contributed by atoms with Crippen LogP contribution in [0, 0.1) is 10.1 Å². The van der Waals surface area contributed by atoms with Gasteiger partial charge in [0, 0.05) is 12.1 Å². The number of nitrogens with one attached hydrogen (secondary N) is 2. The van der Waals surface area contributed by atoms with Gasteiger partial charge in [-0.3, -0.25) is 14.8 Å². The van der Waals surface area contributed by atoms with Crippen molar-refractivity contribution in [3.05, 3.63) is 28.3 Å². The number of rotatable bonds is 3. The minimum Gasteiger partial charge on any atom is -0.325 e. The van der Waals surface area contributed by atoms with Gasteiger partial charge in [0.25, 0.3) is 5.69 Å². The summed E-state index contributed by atoms with van der Waals surface area (Å²) >= 11 is 1.33. The molecule has 0 spiro atoms. The Morgan fingerprint density at radius 3 is 3.00 bits per heavy atom. The van der Waals surface area contributed by atoms with Crippen molar-refractivity contribution >= 4 is 29.3 Å². The first-order valence-corrected chi connectivity index (χ1v) is 6.48. The molecule has 0 aliphatic carbocycles. The van der Waals surface area contributed by atoms with E-state index in [0.717, 1.165) is 17.0 Å². The van der Waals surface area contributed by atoms with E-state index in [9.17, 15) is 10.1 Å².